The second-order valence-corrected chi connectivity index (χ2v) is 8.96. The zero-order valence-electron chi connectivity index (χ0n) is 16.2. The zero-order valence-corrected chi connectivity index (χ0v) is 17.8. The van der Waals surface area contributed by atoms with Crippen LogP contribution in [-0.4, -0.2) is 27.1 Å². The number of hydrogen-bond acceptors (Lipinski definition) is 4. The summed E-state index contributed by atoms with van der Waals surface area (Å²) in [5.74, 6) is -0.247. The highest BCUT2D eigenvalue weighted by atomic mass is 32.2. The molecular weight excluding hydrogens is 404 g/mol. The highest BCUT2D eigenvalue weighted by Gasteiger charge is 2.23. The molecule has 0 aliphatic rings. The maximum Gasteiger partial charge on any atom is 0.264 e. The van der Waals surface area contributed by atoms with E-state index in [1.165, 1.54) is 4.31 Å². The molecule has 0 saturated heterocycles. The first kappa shape index (κ1) is 21.0. The van der Waals surface area contributed by atoms with Gasteiger partial charge in [0.15, 0.2) is 0 Å². The summed E-state index contributed by atoms with van der Waals surface area (Å²) < 4.78 is 27.2. The van der Waals surface area contributed by atoms with Crippen molar-refractivity contribution in [1.82, 2.24) is 0 Å². The van der Waals surface area contributed by atoms with Crippen molar-refractivity contribution in [3.63, 3.8) is 0 Å². The number of benzene rings is 3. The van der Waals surface area contributed by atoms with Crippen molar-refractivity contribution in [3.8, 4) is 0 Å². The van der Waals surface area contributed by atoms with Crippen molar-refractivity contribution in [2.75, 3.05) is 22.4 Å². The molecule has 29 heavy (non-hydrogen) atoms. The van der Waals surface area contributed by atoms with Gasteiger partial charge in [0.1, 0.15) is 0 Å². The van der Waals surface area contributed by atoms with Crippen LogP contribution in [0.1, 0.15) is 17.3 Å². The number of nitrogens with zero attached hydrogens (tertiary/aromatic N) is 1. The van der Waals surface area contributed by atoms with Gasteiger partial charge in [0.05, 0.1) is 10.6 Å². The molecular formula is C22H22N2O3S2. The van der Waals surface area contributed by atoms with Crippen LogP contribution in [0.15, 0.2) is 88.7 Å². The zero-order chi connectivity index (χ0) is 20.9. The predicted octanol–water partition coefficient (Wildman–Crippen LogP) is 4.88. The van der Waals surface area contributed by atoms with E-state index in [-0.39, 0.29) is 17.3 Å². The van der Waals surface area contributed by atoms with Crippen LogP contribution < -0.4 is 9.62 Å². The molecule has 1 amide bonds. The number of hydrogen-bond donors (Lipinski definition) is 1. The predicted molar refractivity (Wildman–Crippen MR) is 119 cm³/mol. The van der Waals surface area contributed by atoms with Gasteiger partial charge >= 0.3 is 0 Å². The van der Waals surface area contributed by atoms with Gasteiger partial charge in [-0.15, -0.1) is 11.8 Å². The van der Waals surface area contributed by atoms with Gasteiger partial charge in [0.25, 0.3) is 15.9 Å². The molecule has 0 spiro atoms. The number of nitrogens with one attached hydrogen (secondary N) is 1. The van der Waals surface area contributed by atoms with E-state index in [1.807, 2.05) is 30.5 Å². The van der Waals surface area contributed by atoms with Crippen molar-refractivity contribution < 1.29 is 13.2 Å². The summed E-state index contributed by atoms with van der Waals surface area (Å²) in [7, 11) is -3.66. The quantitative estimate of drug-likeness (QED) is 0.547. The number of carbonyl (C=O) groups is 1. The Bertz CT molecular complexity index is 1080. The Kier molecular flexibility index (Phi) is 6.61. The summed E-state index contributed by atoms with van der Waals surface area (Å²) in [6.45, 7) is 2.06. The Hall–Kier alpha value is -2.77. The molecule has 0 saturated carbocycles. The lowest BCUT2D eigenvalue weighted by molar-refractivity contribution is 0.102. The Morgan fingerprint density at radius 1 is 0.966 bits per heavy atom. The standard InChI is InChI=1S/C22H22N2O3S2/c1-3-24(29(26,27)21-10-5-4-6-11-21)19-14-12-17(13-15-19)22(25)23-18-8-7-9-20(16-18)28-2/h4-16H,3H2,1-2H3,(H,23,25). The number of sulfonamides is 1. The Labute approximate surface area is 175 Å². The van der Waals surface area contributed by atoms with Gasteiger partial charge in [0.2, 0.25) is 0 Å². The molecule has 150 valence electrons. The molecule has 0 atom stereocenters. The fraction of sp³-hybridized carbons (Fsp3) is 0.136. The monoisotopic (exact) mass is 426 g/mol. The lowest BCUT2D eigenvalue weighted by Crippen LogP contribution is -2.30. The number of amides is 1. The van der Waals surface area contributed by atoms with Crippen LogP contribution in [0.25, 0.3) is 0 Å². The Morgan fingerprint density at radius 2 is 1.66 bits per heavy atom. The number of anilines is 2. The van der Waals surface area contributed by atoms with Crippen LogP contribution >= 0.6 is 11.8 Å². The number of rotatable bonds is 7. The van der Waals surface area contributed by atoms with Gasteiger partial charge in [-0.05, 0) is 67.8 Å². The molecule has 5 nitrogen and oxygen atoms in total. The summed E-state index contributed by atoms with van der Waals surface area (Å²) in [5, 5.41) is 2.87. The first-order valence-electron chi connectivity index (χ1n) is 9.09. The third-order valence-electron chi connectivity index (χ3n) is 4.36. The number of carbonyl (C=O) groups excluding carboxylic acids is 1. The summed E-state index contributed by atoms with van der Waals surface area (Å²) in [5.41, 5.74) is 1.68. The normalized spacial score (nSPS) is 11.1. The molecule has 0 aromatic heterocycles. The topological polar surface area (TPSA) is 66.5 Å². The van der Waals surface area contributed by atoms with Gasteiger partial charge in [-0.3, -0.25) is 9.10 Å². The second-order valence-electron chi connectivity index (χ2n) is 6.22. The number of thioether (sulfide) groups is 1. The largest absolute Gasteiger partial charge is 0.322 e. The fourth-order valence-corrected chi connectivity index (χ4v) is 4.85. The second kappa shape index (κ2) is 9.15. The smallest absolute Gasteiger partial charge is 0.264 e. The Balaban J connectivity index is 1.80. The molecule has 0 aliphatic heterocycles. The maximum atomic E-state index is 12.9. The Morgan fingerprint density at radius 3 is 2.28 bits per heavy atom. The highest BCUT2D eigenvalue weighted by Crippen LogP contribution is 2.24. The van der Waals surface area contributed by atoms with Crippen LogP contribution in [0.4, 0.5) is 11.4 Å². The average molecular weight is 427 g/mol. The molecule has 0 radical (unpaired) electrons. The molecule has 0 aliphatic carbocycles. The molecule has 1 N–H and O–H groups in total. The summed E-state index contributed by atoms with van der Waals surface area (Å²) >= 11 is 1.60. The van der Waals surface area contributed by atoms with Crippen molar-refractivity contribution >= 4 is 39.1 Å². The molecule has 0 unspecified atom stereocenters. The van der Waals surface area contributed by atoms with E-state index < -0.39 is 10.0 Å². The minimum absolute atomic E-state index is 0.234. The van der Waals surface area contributed by atoms with E-state index >= 15 is 0 Å². The van der Waals surface area contributed by atoms with Crippen LogP contribution in [0.5, 0.6) is 0 Å². The molecule has 7 heteroatoms. The van der Waals surface area contributed by atoms with Crippen molar-refractivity contribution in [2.45, 2.75) is 16.7 Å². The van der Waals surface area contributed by atoms with Crippen molar-refractivity contribution in [2.24, 2.45) is 0 Å². The first-order chi connectivity index (χ1) is 14.0. The molecule has 3 rings (SSSR count). The minimum Gasteiger partial charge on any atom is -0.322 e. The van der Waals surface area contributed by atoms with Crippen LogP contribution in [0.3, 0.4) is 0 Å². The highest BCUT2D eigenvalue weighted by molar-refractivity contribution is 7.98. The van der Waals surface area contributed by atoms with Crippen molar-refractivity contribution in [1.29, 1.82) is 0 Å². The summed E-state index contributed by atoms with van der Waals surface area (Å²) in [6.07, 6.45) is 1.97. The van der Waals surface area contributed by atoms with Gasteiger partial charge in [-0.2, -0.15) is 0 Å². The maximum absolute atomic E-state index is 12.9. The lowest BCUT2D eigenvalue weighted by atomic mass is 10.2. The molecule has 3 aromatic carbocycles. The molecule has 0 bridgehead atoms. The summed E-state index contributed by atoms with van der Waals surface area (Å²) in [6, 6.07) is 22.5. The van der Waals surface area contributed by atoms with Crippen LogP contribution in [0.2, 0.25) is 0 Å². The molecule has 0 heterocycles. The van der Waals surface area contributed by atoms with E-state index in [4.69, 9.17) is 0 Å². The average Bonchev–Trinajstić information content (AvgIpc) is 2.75. The van der Waals surface area contributed by atoms with E-state index in [0.29, 0.717) is 16.9 Å². The first-order valence-corrected chi connectivity index (χ1v) is 11.8. The van der Waals surface area contributed by atoms with Crippen molar-refractivity contribution in [3.05, 3.63) is 84.4 Å². The third kappa shape index (κ3) is 4.81. The van der Waals surface area contributed by atoms with Gasteiger partial charge in [-0.1, -0.05) is 24.3 Å². The van der Waals surface area contributed by atoms with Gasteiger partial charge in [0, 0.05) is 22.7 Å². The van der Waals surface area contributed by atoms with Gasteiger partial charge < -0.3 is 5.32 Å². The molecule has 3 aromatic rings. The molecule has 0 fully saturated rings. The SMILES string of the molecule is CCN(c1ccc(C(=O)Nc2cccc(SC)c2)cc1)S(=O)(=O)c1ccccc1. The summed E-state index contributed by atoms with van der Waals surface area (Å²) in [4.78, 5) is 13.8. The van der Waals surface area contributed by atoms with E-state index in [1.54, 1.807) is 73.3 Å². The van der Waals surface area contributed by atoms with E-state index in [2.05, 4.69) is 5.32 Å². The fourth-order valence-electron chi connectivity index (χ4n) is 2.89. The third-order valence-corrected chi connectivity index (χ3v) is 7.01. The van der Waals surface area contributed by atoms with Crippen LogP contribution in [0, 0.1) is 0 Å². The van der Waals surface area contributed by atoms with E-state index in [0.717, 1.165) is 4.90 Å². The van der Waals surface area contributed by atoms with E-state index in [9.17, 15) is 13.2 Å². The van der Waals surface area contributed by atoms with Crippen LogP contribution in [-0.2, 0) is 10.0 Å². The lowest BCUT2D eigenvalue weighted by Gasteiger charge is -2.23. The minimum atomic E-state index is -3.66. The van der Waals surface area contributed by atoms with Gasteiger partial charge in [-0.25, -0.2) is 8.42 Å².